The van der Waals surface area contributed by atoms with Gasteiger partial charge in [-0.3, -0.25) is 4.79 Å². The Balaban J connectivity index is 2.12. The number of rotatable bonds is 4. The van der Waals surface area contributed by atoms with Crippen molar-refractivity contribution in [3.8, 4) is 0 Å². The minimum atomic E-state index is -3.49. The fourth-order valence-corrected chi connectivity index (χ4v) is 4.25. The van der Waals surface area contributed by atoms with Crippen molar-refractivity contribution >= 4 is 21.6 Å². The Labute approximate surface area is 145 Å². The second-order valence-corrected chi connectivity index (χ2v) is 9.54. The first-order valence-electron chi connectivity index (χ1n) is 8.52. The summed E-state index contributed by atoms with van der Waals surface area (Å²) >= 11 is 0. The Morgan fingerprint density at radius 1 is 1.08 bits per heavy atom. The third-order valence-corrected chi connectivity index (χ3v) is 6.48. The molecule has 1 aliphatic rings. The van der Waals surface area contributed by atoms with Gasteiger partial charge in [0.1, 0.15) is 0 Å². The van der Waals surface area contributed by atoms with E-state index >= 15 is 0 Å². The van der Waals surface area contributed by atoms with Gasteiger partial charge in [0, 0.05) is 24.2 Å². The van der Waals surface area contributed by atoms with Gasteiger partial charge >= 0.3 is 0 Å². The van der Waals surface area contributed by atoms with Crippen LogP contribution in [-0.4, -0.2) is 31.7 Å². The Morgan fingerprint density at radius 2 is 1.62 bits per heavy atom. The number of nitrogens with zero attached hydrogens (tertiary/aromatic N) is 1. The predicted molar refractivity (Wildman–Crippen MR) is 96.3 cm³/mol. The molecule has 1 amide bonds. The van der Waals surface area contributed by atoms with Crippen LogP contribution in [0.1, 0.15) is 52.9 Å². The zero-order valence-electron chi connectivity index (χ0n) is 15.0. The molecule has 0 aromatic heterocycles. The first-order chi connectivity index (χ1) is 11.1. The number of hydrogen-bond acceptors (Lipinski definition) is 3. The van der Waals surface area contributed by atoms with Crippen LogP contribution in [0.4, 0.5) is 5.69 Å². The van der Waals surface area contributed by atoms with E-state index in [1.165, 1.54) is 10.7 Å². The van der Waals surface area contributed by atoms with Gasteiger partial charge in [-0.2, -0.15) is 4.31 Å². The van der Waals surface area contributed by atoms with Crippen molar-refractivity contribution in [2.24, 2.45) is 5.41 Å². The van der Waals surface area contributed by atoms with Gasteiger partial charge in [0.2, 0.25) is 15.9 Å². The van der Waals surface area contributed by atoms with E-state index in [9.17, 15) is 13.2 Å². The number of carbonyl (C=O) groups excluding carboxylic acids is 1. The van der Waals surface area contributed by atoms with Crippen molar-refractivity contribution in [3.63, 3.8) is 0 Å². The molecule has 1 aromatic carbocycles. The van der Waals surface area contributed by atoms with Gasteiger partial charge in [0.15, 0.2) is 0 Å². The third-order valence-electron chi connectivity index (χ3n) is 4.56. The number of anilines is 1. The molecule has 0 saturated heterocycles. The molecule has 6 heteroatoms. The summed E-state index contributed by atoms with van der Waals surface area (Å²) in [5, 5.41) is 2.81. The van der Waals surface area contributed by atoms with E-state index in [1.807, 2.05) is 20.8 Å². The summed E-state index contributed by atoms with van der Waals surface area (Å²) < 4.78 is 27.0. The molecule has 0 unspecified atom stereocenters. The highest BCUT2D eigenvalue weighted by Gasteiger charge is 2.29. The molecule has 1 fully saturated rings. The van der Waals surface area contributed by atoms with Crippen LogP contribution in [-0.2, 0) is 14.8 Å². The lowest BCUT2D eigenvalue weighted by atomic mass is 9.95. The second kappa shape index (κ2) is 7.23. The maximum Gasteiger partial charge on any atom is 0.243 e. The van der Waals surface area contributed by atoms with E-state index in [4.69, 9.17) is 0 Å². The van der Waals surface area contributed by atoms with E-state index in [-0.39, 0.29) is 16.8 Å². The molecule has 2 rings (SSSR count). The average molecular weight is 353 g/mol. The maximum absolute atomic E-state index is 12.8. The molecule has 0 bridgehead atoms. The molecule has 24 heavy (non-hydrogen) atoms. The monoisotopic (exact) mass is 352 g/mol. The number of carbonyl (C=O) groups is 1. The van der Waals surface area contributed by atoms with Crippen LogP contribution in [0, 0.1) is 5.41 Å². The Kier molecular flexibility index (Phi) is 5.71. The molecular formula is C18H28N2O3S. The highest BCUT2D eigenvalue weighted by Crippen LogP contribution is 2.27. The van der Waals surface area contributed by atoms with Crippen LogP contribution in [0.5, 0.6) is 0 Å². The van der Waals surface area contributed by atoms with Crippen molar-refractivity contribution < 1.29 is 13.2 Å². The number of hydrogen-bond donors (Lipinski definition) is 1. The molecule has 134 valence electrons. The van der Waals surface area contributed by atoms with Gasteiger partial charge < -0.3 is 5.32 Å². The van der Waals surface area contributed by atoms with Gasteiger partial charge in [0.25, 0.3) is 0 Å². The zero-order valence-corrected chi connectivity index (χ0v) is 15.8. The van der Waals surface area contributed by atoms with Crippen LogP contribution < -0.4 is 5.32 Å². The summed E-state index contributed by atoms with van der Waals surface area (Å²) in [5.41, 5.74) is 0.112. The van der Waals surface area contributed by atoms with Crippen molar-refractivity contribution in [1.82, 2.24) is 4.31 Å². The summed E-state index contributed by atoms with van der Waals surface area (Å²) in [6.07, 6.45) is 5.21. The molecule has 0 atom stereocenters. The summed E-state index contributed by atoms with van der Waals surface area (Å²) in [6, 6.07) is 6.50. The zero-order chi connectivity index (χ0) is 18.0. The highest BCUT2D eigenvalue weighted by atomic mass is 32.2. The largest absolute Gasteiger partial charge is 0.326 e. The molecule has 1 N–H and O–H groups in total. The predicted octanol–water partition coefficient (Wildman–Crippen LogP) is 3.62. The van der Waals surface area contributed by atoms with Gasteiger partial charge in [-0.05, 0) is 37.1 Å². The van der Waals surface area contributed by atoms with Gasteiger partial charge in [-0.15, -0.1) is 0 Å². The fourth-order valence-electron chi connectivity index (χ4n) is 2.84. The smallest absolute Gasteiger partial charge is 0.243 e. The third kappa shape index (κ3) is 4.36. The lowest BCUT2D eigenvalue weighted by Gasteiger charge is -2.30. The number of sulfonamides is 1. The first-order valence-corrected chi connectivity index (χ1v) is 9.96. The van der Waals surface area contributed by atoms with Gasteiger partial charge in [-0.1, -0.05) is 40.0 Å². The summed E-state index contributed by atoms with van der Waals surface area (Å²) in [4.78, 5) is 12.3. The van der Waals surface area contributed by atoms with Crippen molar-refractivity contribution in [2.45, 2.75) is 63.8 Å². The van der Waals surface area contributed by atoms with Crippen LogP contribution in [0.15, 0.2) is 29.2 Å². The Hall–Kier alpha value is -1.40. The van der Waals surface area contributed by atoms with Crippen molar-refractivity contribution in [2.75, 3.05) is 12.4 Å². The lowest BCUT2D eigenvalue weighted by Crippen LogP contribution is -2.38. The average Bonchev–Trinajstić information content (AvgIpc) is 2.54. The van der Waals surface area contributed by atoms with E-state index in [0.29, 0.717) is 5.69 Å². The molecule has 0 aliphatic heterocycles. The standard InChI is InChI=1S/C18H28N2O3S/c1-18(2,3)17(21)19-14-10-12-16(13-11-14)24(22,23)20(4)15-8-6-5-7-9-15/h10-13,15H,5-9H2,1-4H3,(H,19,21). The Bertz CT molecular complexity index is 669. The molecule has 0 heterocycles. The van der Waals surface area contributed by atoms with Gasteiger partial charge in [-0.25, -0.2) is 8.42 Å². The topological polar surface area (TPSA) is 66.5 Å². The van der Waals surface area contributed by atoms with E-state index in [1.54, 1.807) is 31.3 Å². The highest BCUT2D eigenvalue weighted by molar-refractivity contribution is 7.89. The number of benzene rings is 1. The molecule has 1 saturated carbocycles. The van der Waals surface area contributed by atoms with E-state index in [2.05, 4.69) is 5.32 Å². The first kappa shape index (κ1) is 18.9. The normalized spacial score (nSPS) is 17.0. The SMILES string of the molecule is CN(C1CCCCC1)S(=O)(=O)c1ccc(NC(=O)C(C)(C)C)cc1. The molecule has 0 radical (unpaired) electrons. The summed E-state index contributed by atoms with van der Waals surface area (Å²) in [7, 11) is -1.82. The molecule has 5 nitrogen and oxygen atoms in total. The van der Waals surface area contributed by atoms with Crippen LogP contribution in [0.2, 0.25) is 0 Å². The van der Waals surface area contributed by atoms with Crippen LogP contribution in [0.25, 0.3) is 0 Å². The minimum absolute atomic E-state index is 0.0871. The summed E-state index contributed by atoms with van der Waals surface area (Å²) in [5.74, 6) is -0.0996. The lowest BCUT2D eigenvalue weighted by molar-refractivity contribution is -0.123. The van der Waals surface area contributed by atoms with E-state index < -0.39 is 15.4 Å². The minimum Gasteiger partial charge on any atom is -0.326 e. The van der Waals surface area contributed by atoms with Crippen LogP contribution >= 0.6 is 0 Å². The molecule has 1 aliphatic carbocycles. The number of amides is 1. The summed E-state index contributed by atoms with van der Waals surface area (Å²) in [6.45, 7) is 5.50. The number of nitrogens with one attached hydrogen (secondary N) is 1. The van der Waals surface area contributed by atoms with Crippen molar-refractivity contribution in [3.05, 3.63) is 24.3 Å². The molecular weight excluding hydrogens is 324 g/mol. The van der Waals surface area contributed by atoms with Crippen molar-refractivity contribution in [1.29, 1.82) is 0 Å². The molecule has 1 aromatic rings. The Morgan fingerprint density at radius 3 is 2.12 bits per heavy atom. The van der Waals surface area contributed by atoms with E-state index in [0.717, 1.165) is 25.7 Å². The maximum atomic E-state index is 12.8. The fraction of sp³-hybridized carbons (Fsp3) is 0.611. The molecule has 0 spiro atoms. The van der Waals surface area contributed by atoms with Gasteiger partial charge in [0.05, 0.1) is 4.90 Å². The second-order valence-electron chi connectivity index (χ2n) is 7.54. The van der Waals surface area contributed by atoms with Crippen LogP contribution in [0.3, 0.4) is 0 Å². The quantitative estimate of drug-likeness (QED) is 0.900.